The number of anilines is 1. The first-order valence-corrected chi connectivity index (χ1v) is 8.78. The zero-order chi connectivity index (χ0) is 18.6. The first-order chi connectivity index (χ1) is 12.5. The van der Waals surface area contributed by atoms with Crippen LogP contribution in [-0.2, 0) is 4.84 Å². The summed E-state index contributed by atoms with van der Waals surface area (Å²) in [5.74, 6) is 0.361. The molecule has 3 rings (SSSR count). The molecule has 0 radical (unpaired) electrons. The normalized spacial score (nSPS) is 17.7. The number of hydrogen-bond acceptors (Lipinski definition) is 6. The molecular formula is C19H25N5O2. The van der Waals surface area contributed by atoms with E-state index in [1.165, 1.54) is 5.06 Å². The third kappa shape index (κ3) is 4.11. The highest BCUT2D eigenvalue weighted by Crippen LogP contribution is 2.25. The van der Waals surface area contributed by atoms with E-state index in [9.17, 15) is 4.79 Å². The van der Waals surface area contributed by atoms with Gasteiger partial charge in [0.05, 0.1) is 11.6 Å². The summed E-state index contributed by atoms with van der Waals surface area (Å²) < 4.78 is 0. The van der Waals surface area contributed by atoms with Crippen molar-refractivity contribution in [2.75, 3.05) is 24.7 Å². The smallest absolute Gasteiger partial charge is 0.318 e. The first-order valence-electron chi connectivity index (χ1n) is 8.78. The Bertz CT molecular complexity index is 718. The predicted molar refractivity (Wildman–Crippen MR) is 99.5 cm³/mol. The van der Waals surface area contributed by atoms with Gasteiger partial charge in [0.1, 0.15) is 0 Å². The van der Waals surface area contributed by atoms with Gasteiger partial charge in [-0.15, -0.1) is 0 Å². The summed E-state index contributed by atoms with van der Waals surface area (Å²) in [5, 5.41) is 4.82. The van der Waals surface area contributed by atoms with Crippen LogP contribution >= 0.6 is 0 Å². The quantitative estimate of drug-likeness (QED) is 0.854. The molecule has 138 valence electrons. The molecule has 1 aliphatic heterocycles. The number of rotatable bonds is 3. The Morgan fingerprint density at radius 3 is 2.54 bits per heavy atom. The molecule has 1 unspecified atom stereocenters. The lowest BCUT2D eigenvalue weighted by molar-refractivity contribution is 0.0488. The number of carbonyl (C=O) groups excluding carboxylic acids is 1. The molecule has 26 heavy (non-hydrogen) atoms. The molecule has 1 aromatic carbocycles. The third-order valence-electron chi connectivity index (χ3n) is 4.17. The van der Waals surface area contributed by atoms with Crippen LogP contribution in [0.1, 0.15) is 32.4 Å². The fraction of sp³-hybridized carbons (Fsp3) is 0.421. The van der Waals surface area contributed by atoms with Crippen LogP contribution in [0.2, 0.25) is 0 Å². The lowest BCUT2D eigenvalue weighted by atomic mass is 10.0. The fourth-order valence-electron chi connectivity index (χ4n) is 2.90. The molecule has 7 heteroatoms. The second-order valence-electron chi connectivity index (χ2n) is 7.20. The molecule has 7 nitrogen and oxygen atoms in total. The molecular weight excluding hydrogens is 330 g/mol. The van der Waals surface area contributed by atoms with E-state index in [4.69, 9.17) is 4.84 Å². The number of hydroxylamine groups is 1. The van der Waals surface area contributed by atoms with E-state index in [0.29, 0.717) is 19.0 Å². The van der Waals surface area contributed by atoms with Crippen molar-refractivity contribution in [1.29, 1.82) is 0 Å². The Kier molecular flexibility index (Phi) is 5.37. The maximum atomic E-state index is 13.0. The lowest BCUT2D eigenvalue weighted by Crippen LogP contribution is -2.52. The summed E-state index contributed by atoms with van der Waals surface area (Å²) >= 11 is 0. The number of aromatic nitrogens is 2. The van der Waals surface area contributed by atoms with E-state index >= 15 is 0 Å². The second kappa shape index (κ2) is 7.70. The molecule has 0 aliphatic carbocycles. The maximum Gasteiger partial charge on any atom is 0.434 e. The van der Waals surface area contributed by atoms with Crippen LogP contribution in [0.25, 0.3) is 0 Å². The summed E-state index contributed by atoms with van der Waals surface area (Å²) in [7, 11) is 0. The van der Waals surface area contributed by atoms with E-state index in [1.807, 2.05) is 51.1 Å². The van der Waals surface area contributed by atoms with E-state index in [-0.39, 0.29) is 6.04 Å². The van der Waals surface area contributed by atoms with Crippen molar-refractivity contribution >= 4 is 12.0 Å². The van der Waals surface area contributed by atoms with E-state index < -0.39 is 11.6 Å². The van der Waals surface area contributed by atoms with Gasteiger partial charge in [0.25, 0.3) is 5.95 Å². The SMILES string of the molecule is CC(C)(C)N(OC(=O)N1CCNCC1c1ccccc1)c1ncccn1. The Morgan fingerprint density at radius 2 is 1.88 bits per heavy atom. The van der Waals surface area contributed by atoms with Crippen molar-refractivity contribution in [1.82, 2.24) is 20.2 Å². The molecule has 1 N–H and O–H groups in total. The summed E-state index contributed by atoms with van der Waals surface area (Å²) in [4.78, 5) is 29.0. The maximum absolute atomic E-state index is 13.0. The van der Waals surface area contributed by atoms with Crippen LogP contribution in [0.4, 0.5) is 10.7 Å². The number of hydrogen-bond donors (Lipinski definition) is 1. The van der Waals surface area contributed by atoms with Gasteiger partial charge in [0, 0.05) is 32.0 Å². The largest absolute Gasteiger partial charge is 0.434 e. The van der Waals surface area contributed by atoms with Gasteiger partial charge in [-0.1, -0.05) is 30.3 Å². The van der Waals surface area contributed by atoms with Gasteiger partial charge < -0.3 is 10.2 Å². The van der Waals surface area contributed by atoms with Gasteiger partial charge in [0.15, 0.2) is 0 Å². The molecule has 2 heterocycles. The average Bonchev–Trinajstić information content (AvgIpc) is 2.66. The molecule has 2 aromatic rings. The van der Waals surface area contributed by atoms with Crippen molar-refractivity contribution < 1.29 is 9.63 Å². The summed E-state index contributed by atoms with van der Waals surface area (Å²) in [5.41, 5.74) is 0.600. The predicted octanol–water partition coefficient (Wildman–Crippen LogP) is 2.78. The molecule has 1 amide bonds. The summed E-state index contributed by atoms with van der Waals surface area (Å²) in [6.45, 7) is 7.84. The van der Waals surface area contributed by atoms with Crippen molar-refractivity contribution in [3.05, 3.63) is 54.4 Å². The number of nitrogens with one attached hydrogen (secondary N) is 1. The number of piperazine rings is 1. The van der Waals surface area contributed by atoms with Gasteiger partial charge in [-0.3, -0.25) is 4.90 Å². The van der Waals surface area contributed by atoms with Gasteiger partial charge in [-0.25, -0.2) is 14.8 Å². The minimum atomic E-state index is -0.479. The zero-order valence-corrected chi connectivity index (χ0v) is 15.4. The zero-order valence-electron chi connectivity index (χ0n) is 15.4. The average molecular weight is 355 g/mol. The Balaban J connectivity index is 1.82. The Morgan fingerprint density at radius 1 is 1.19 bits per heavy atom. The third-order valence-corrected chi connectivity index (χ3v) is 4.17. The molecule has 1 fully saturated rings. The monoisotopic (exact) mass is 355 g/mol. The summed E-state index contributed by atoms with van der Waals surface area (Å²) in [6.07, 6.45) is 2.86. The molecule has 1 aromatic heterocycles. The number of benzene rings is 1. The highest BCUT2D eigenvalue weighted by Gasteiger charge is 2.34. The topological polar surface area (TPSA) is 70.6 Å². The van der Waals surface area contributed by atoms with Crippen LogP contribution in [0, 0.1) is 0 Å². The molecule has 0 spiro atoms. The van der Waals surface area contributed by atoms with Gasteiger partial charge in [0.2, 0.25) is 0 Å². The van der Waals surface area contributed by atoms with Crippen LogP contribution in [0.5, 0.6) is 0 Å². The van der Waals surface area contributed by atoms with Gasteiger partial charge in [-0.05, 0) is 32.4 Å². The van der Waals surface area contributed by atoms with Crippen LogP contribution < -0.4 is 10.4 Å². The molecule has 1 aliphatic rings. The molecule has 1 saturated heterocycles. The minimum absolute atomic E-state index is 0.0732. The Hall–Kier alpha value is -2.67. The van der Waals surface area contributed by atoms with E-state index in [0.717, 1.165) is 12.1 Å². The number of amides is 1. The summed E-state index contributed by atoms with van der Waals surface area (Å²) in [6, 6.07) is 11.6. The van der Waals surface area contributed by atoms with Crippen molar-refractivity contribution in [3.8, 4) is 0 Å². The standard InChI is InChI=1S/C19H25N5O2/c1-19(2,3)24(17-21-10-7-11-22-17)26-18(25)23-13-12-20-14-16(23)15-8-5-4-6-9-15/h4-11,16,20H,12-14H2,1-3H3. The van der Waals surface area contributed by atoms with Crippen LogP contribution in [0.15, 0.2) is 48.8 Å². The fourth-order valence-corrected chi connectivity index (χ4v) is 2.90. The molecule has 1 atom stereocenters. The Labute approximate surface area is 154 Å². The second-order valence-corrected chi connectivity index (χ2v) is 7.20. The van der Waals surface area contributed by atoms with Gasteiger partial charge >= 0.3 is 6.09 Å². The highest BCUT2D eigenvalue weighted by atomic mass is 16.7. The van der Waals surface area contributed by atoms with Crippen molar-refractivity contribution in [3.63, 3.8) is 0 Å². The van der Waals surface area contributed by atoms with Crippen LogP contribution in [0.3, 0.4) is 0 Å². The van der Waals surface area contributed by atoms with Gasteiger partial charge in [-0.2, -0.15) is 5.06 Å². The van der Waals surface area contributed by atoms with Crippen LogP contribution in [-0.4, -0.2) is 46.1 Å². The lowest BCUT2D eigenvalue weighted by Gasteiger charge is -2.39. The molecule has 0 saturated carbocycles. The number of carbonyl (C=O) groups is 1. The van der Waals surface area contributed by atoms with E-state index in [2.05, 4.69) is 15.3 Å². The number of nitrogens with zero attached hydrogens (tertiary/aromatic N) is 4. The minimum Gasteiger partial charge on any atom is -0.318 e. The van der Waals surface area contributed by atoms with E-state index in [1.54, 1.807) is 23.4 Å². The first kappa shape index (κ1) is 18.1. The highest BCUT2D eigenvalue weighted by molar-refractivity contribution is 5.70. The van der Waals surface area contributed by atoms with Crippen molar-refractivity contribution in [2.45, 2.75) is 32.4 Å². The molecule has 0 bridgehead atoms. The van der Waals surface area contributed by atoms with Crippen molar-refractivity contribution in [2.24, 2.45) is 0 Å².